The van der Waals surface area contributed by atoms with E-state index in [1.54, 1.807) is 0 Å². The van der Waals surface area contributed by atoms with E-state index in [1.165, 1.54) is 0 Å². The molecule has 5 aliphatic rings. The summed E-state index contributed by atoms with van der Waals surface area (Å²) in [6, 6.07) is 0.360. The number of hydrogen-bond acceptors (Lipinski definition) is 6. The van der Waals surface area contributed by atoms with E-state index >= 15 is 0 Å². The molecule has 3 aliphatic heterocycles. The number of rotatable bonds is 4. The number of ether oxygens (including phenoxy) is 1. The first-order valence-electron chi connectivity index (χ1n) is 13.4. The van der Waals surface area contributed by atoms with E-state index in [0.29, 0.717) is 5.92 Å². The lowest BCUT2D eigenvalue weighted by atomic mass is 9.76. The number of urea groups is 1. The third-order valence-electron chi connectivity index (χ3n) is 8.46. The molecule has 3 saturated heterocycles. The van der Waals surface area contributed by atoms with Gasteiger partial charge in [0, 0.05) is 50.8 Å². The number of nitrogens with one attached hydrogen (secondary N) is 4. The highest BCUT2D eigenvalue weighted by atomic mass is 16.5. The van der Waals surface area contributed by atoms with E-state index in [-0.39, 0.29) is 42.3 Å². The van der Waals surface area contributed by atoms with Gasteiger partial charge in [0.1, 0.15) is 6.29 Å². The van der Waals surface area contributed by atoms with Crippen molar-refractivity contribution in [3.8, 4) is 0 Å². The minimum Gasteiger partial charge on any atom is -0.378 e. The van der Waals surface area contributed by atoms with E-state index in [9.17, 15) is 9.59 Å². The molecular weight excluding hydrogens is 420 g/mol. The van der Waals surface area contributed by atoms with E-state index < -0.39 is 0 Å². The summed E-state index contributed by atoms with van der Waals surface area (Å²) in [5.41, 5.74) is 0. The van der Waals surface area contributed by atoms with Crippen molar-refractivity contribution < 1.29 is 14.3 Å². The predicted molar refractivity (Wildman–Crippen MR) is 125 cm³/mol. The second-order valence-corrected chi connectivity index (χ2v) is 10.6. The van der Waals surface area contributed by atoms with Crippen molar-refractivity contribution in [2.45, 2.75) is 82.3 Å². The first-order valence-corrected chi connectivity index (χ1v) is 13.4. The summed E-state index contributed by atoms with van der Waals surface area (Å²) in [4.78, 5) is 30.3. The SMILES string of the molecule is O=C(NC1CCCC(NC(=O)N2CCN(C3NCCCN3)CC2)C1)C1CCCC2OCCC21. The van der Waals surface area contributed by atoms with Gasteiger partial charge < -0.3 is 20.3 Å². The number of amides is 3. The van der Waals surface area contributed by atoms with Crippen LogP contribution in [0.5, 0.6) is 0 Å². The fourth-order valence-electron chi connectivity index (χ4n) is 6.61. The standard InChI is InChI=1S/C24H42N6O3/c31-22(20-6-2-7-21-19(20)8-15-33-21)27-17-4-1-5-18(16-17)28-24(32)30-13-11-29(12-14-30)23-25-9-3-10-26-23/h17-21,23,25-26H,1-16H2,(H,27,31)(H,28,32). The zero-order valence-electron chi connectivity index (χ0n) is 19.9. The minimum absolute atomic E-state index is 0.0504. The van der Waals surface area contributed by atoms with Crippen LogP contribution in [0.15, 0.2) is 0 Å². The van der Waals surface area contributed by atoms with Crippen LogP contribution in [0.1, 0.15) is 57.8 Å². The van der Waals surface area contributed by atoms with Gasteiger partial charge in [0.05, 0.1) is 6.10 Å². The number of carbonyl (C=O) groups excluding carboxylic acids is 2. The van der Waals surface area contributed by atoms with Crippen molar-refractivity contribution in [3.63, 3.8) is 0 Å². The van der Waals surface area contributed by atoms with Gasteiger partial charge in [-0.25, -0.2) is 4.79 Å². The molecule has 0 spiro atoms. The van der Waals surface area contributed by atoms with Crippen molar-refractivity contribution >= 4 is 11.9 Å². The largest absolute Gasteiger partial charge is 0.378 e. The second kappa shape index (κ2) is 10.9. The number of carbonyl (C=O) groups is 2. The zero-order chi connectivity index (χ0) is 22.6. The lowest BCUT2D eigenvalue weighted by Gasteiger charge is -2.41. The molecule has 5 atom stereocenters. The molecule has 186 valence electrons. The lowest BCUT2D eigenvalue weighted by Crippen LogP contribution is -2.64. The van der Waals surface area contributed by atoms with Crippen molar-refractivity contribution in [1.29, 1.82) is 0 Å². The summed E-state index contributed by atoms with van der Waals surface area (Å²) in [5, 5.41) is 13.6. The summed E-state index contributed by atoms with van der Waals surface area (Å²) in [7, 11) is 0. The molecule has 0 radical (unpaired) electrons. The van der Waals surface area contributed by atoms with Gasteiger partial charge in [0.2, 0.25) is 5.91 Å². The first-order chi connectivity index (χ1) is 16.2. The topological polar surface area (TPSA) is 98.0 Å². The Balaban J connectivity index is 1.06. The van der Waals surface area contributed by atoms with Gasteiger partial charge in [-0.3, -0.25) is 20.3 Å². The summed E-state index contributed by atoms with van der Waals surface area (Å²) in [6.45, 7) is 6.18. The van der Waals surface area contributed by atoms with Crippen molar-refractivity contribution in [3.05, 3.63) is 0 Å². The normalized spacial score (nSPS) is 36.2. The molecule has 33 heavy (non-hydrogen) atoms. The van der Waals surface area contributed by atoms with Crippen LogP contribution in [-0.4, -0.2) is 92.1 Å². The van der Waals surface area contributed by atoms with Gasteiger partial charge in [-0.1, -0.05) is 6.42 Å². The molecule has 9 nitrogen and oxygen atoms in total. The Kier molecular flexibility index (Phi) is 7.69. The molecule has 5 fully saturated rings. The highest BCUT2D eigenvalue weighted by Crippen LogP contribution is 2.38. The maximum absolute atomic E-state index is 13.1. The van der Waals surface area contributed by atoms with Crippen LogP contribution >= 0.6 is 0 Å². The number of piperazine rings is 1. The Morgan fingerprint density at radius 2 is 1.55 bits per heavy atom. The molecule has 0 aromatic rings. The van der Waals surface area contributed by atoms with Crippen LogP contribution in [0, 0.1) is 11.8 Å². The maximum atomic E-state index is 13.1. The fraction of sp³-hybridized carbons (Fsp3) is 0.917. The molecule has 5 rings (SSSR count). The summed E-state index contributed by atoms with van der Waals surface area (Å²) in [5.74, 6) is 0.717. The summed E-state index contributed by atoms with van der Waals surface area (Å²) < 4.78 is 5.84. The molecule has 3 amide bonds. The number of hydrogen-bond donors (Lipinski definition) is 4. The monoisotopic (exact) mass is 462 g/mol. The van der Waals surface area contributed by atoms with Gasteiger partial charge in [0.15, 0.2) is 0 Å². The van der Waals surface area contributed by atoms with Crippen LogP contribution in [0.3, 0.4) is 0 Å². The number of fused-ring (bicyclic) bond motifs is 1. The van der Waals surface area contributed by atoms with Crippen LogP contribution in [0.4, 0.5) is 4.79 Å². The summed E-state index contributed by atoms with van der Waals surface area (Å²) in [6.07, 6.45) is 9.78. The highest BCUT2D eigenvalue weighted by Gasteiger charge is 2.41. The molecule has 2 aliphatic carbocycles. The first kappa shape index (κ1) is 23.3. The highest BCUT2D eigenvalue weighted by molar-refractivity contribution is 5.79. The Morgan fingerprint density at radius 1 is 0.818 bits per heavy atom. The molecule has 9 heteroatoms. The minimum atomic E-state index is 0.0504. The van der Waals surface area contributed by atoms with Crippen molar-refractivity contribution in [1.82, 2.24) is 31.1 Å². The molecule has 0 aromatic carbocycles. The van der Waals surface area contributed by atoms with Crippen LogP contribution in [0.2, 0.25) is 0 Å². The molecule has 0 bridgehead atoms. The average molecular weight is 463 g/mol. The van der Waals surface area contributed by atoms with Gasteiger partial charge >= 0.3 is 6.03 Å². The van der Waals surface area contributed by atoms with Gasteiger partial charge in [-0.05, 0) is 70.4 Å². The number of nitrogens with zero attached hydrogens (tertiary/aromatic N) is 2. The molecule has 3 heterocycles. The van der Waals surface area contributed by atoms with Gasteiger partial charge in [-0.15, -0.1) is 0 Å². The lowest BCUT2D eigenvalue weighted by molar-refractivity contribution is -0.130. The van der Waals surface area contributed by atoms with E-state index in [4.69, 9.17) is 4.74 Å². The molecule has 4 N–H and O–H groups in total. The Bertz CT molecular complexity index is 679. The van der Waals surface area contributed by atoms with Crippen LogP contribution in [-0.2, 0) is 9.53 Å². The van der Waals surface area contributed by atoms with Crippen molar-refractivity contribution in [2.75, 3.05) is 45.9 Å². The molecule has 2 saturated carbocycles. The van der Waals surface area contributed by atoms with E-state index in [0.717, 1.165) is 104 Å². The second-order valence-electron chi connectivity index (χ2n) is 10.6. The maximum Gasteiger partial charge on any atom is 0.317 e. The Labute approximate surface area is 197 Å². The van der Waals surface area contributed by atoms with E-state index in [2.05, 4.69) is 26.2 Å². The third-order valence-corrected chi connectivity index (χ3v) is 8.46. The zero-order valence-corrected chi connectivity index (χ0v) is 19.9. The fourth-order valence-corrected chi connectivity index (χ4v) is 6.61. The smallest absolute Gasteiger partial charge is 0.317 e. The Hall–Kier alpha value is -1.42. The Morgan fingerprint density at radius 3 is 2.33 bits per heavy atom. The van der Waals surface area contributed by atoms with Crippen LogP contribution in [0.25, 0.3) is 0 Å². The predicted octanol–water partition coefficient (Wildman–Crippen LogP) is 0.813. The average Bonchev–Trinajstić information content (AvgIpc) is 3.34. The summed E-state index contributed by atoms with van der Waals surface area (Å²) >= 11 is 0. The van der Waals surface area contributed by atoms with Gasteiger partial charge in [-0.2, -0.15) is 0 Å². The molecular formula is C24H42N6O3. The molecule has 5 unspecified atom stereocenters. The molecule has 0 aromatic heterocycles. The van der Waals surface area contributed by atoms with Gasteiger partial charge in [0.25, 0.3) is 0 Å². The third kappa shape index (κ3) is 5.63. The quantitative estimate of drug-likeness (QED) is 0.494. The van der Waals surface area contributed by atoms with E-state index in [1.807, 2.05) is 4.90 Å². The van der Waals surface area contributed by atoms with Crippen LogP contribution < -0.4 is 21.3 Å². The van der Waals surface area contributed by atoms with Crippen molar-refractivity contribution in [2.24, 2.45) is 11.8 Å².